The number of aryl methyl sites for hydroxylation is 2. The molecule has 0 N–H and O–H groups in total. The van der Waals surface area contributed by atoms with Crippen molar-refractivity contribution in [2.24, 2.45) is 0 Å². The van der Waals surface area contributed by atoms with Crippen molar-refractivity contribution in [3.05, 3.63) is 119 Å². The molecule has 6 rings (SSSR count). The summed E-state index contributed by atoms with van der Waals surface area (Å²) in [6.45, 7) is 4.38. The first-order chi connectivity index (χ1) is 17.8. The molecule has 0 aliphatic carbocycles. The molecule has 5 aromatic rings. The first kappa shape index (κ1) is 23.2. The van der Waals surface area contributed by atoms with Crippen molar-refractivity contribution in [1.82, 2.24) is 4.40 Å². The SMILES string of the molecule is Cc1ccc2c(c1)-c1c(C)c3ccccn3c1C(c1ccc(N(C)C)cc1)(c1ccc(N(C)C)cc1)O2. The summed E-state index contributed by atoms with van der Waals surface area (Å²) in [6, 6.07) is 30.6. The molecule has 2 aromatic heterocycles. The van der Waals surface area contributed by atoms with Crippen LogP contribution in [0.2, 0.25) is 0 Å². The molecule has 0 spiro atoms. The molecule has 0 amide bonds. The van der Waals surface area contributed by atoms with E-state index in [4.69, 9.17) is 4.74 Å². The Labute approximate surface area is 219 Å². The minimum Gasteiger partial charge on any atom is -0.471 e. The van der Waals surface area contributed by atoms with Crippen LogP contribution >= 0.6 is 0 Å². The molecule has 4 heteroatoms. The predicted octanol–water partition coefficient (Wildman–Crippen LogP) is 7.04. The Bertz CT molecular complexity index is 1560. The monoisotopic (exact) mass is 487 g/mol. The van der Waals surface area contributed by atoms with Crippen LogP contribution in [0.5, 0.6) is 5.75 Å². The second kappa shape index (κ2) is 8.45. The van der Waals surface area contributed by atoms with Gasteiger partial charge in [0, 0.05) is 73.5 Å². The van der Waals surface area contributed by atoms with Crippen LogP contribution in [-0.2, 0) is 5.60 Å². The highest BCUT2D eigenvalue weighted by Crippen LogP contribution is 2.54. The maximum absolute atomic E-state index is 7.25. The number of rotatable bonds is 4. The van der Waals surface area contributed by atoms with Gasteiger partial charge in [0.15, 0.2) is 5.60 Å². The molecule has 1 aliphatic rings. The summed E-state index contributed by atoms with van der Waals surface area (Å²) in [5.74, 6) is 0.908. The summed E-state index contributed by atoms with van der Waals surface area (Å²) in [7, 11) is 8.29. The lowest BCUT2D eigenvalue weighted by Crippen LogP contribution is -2.40. The predicted molar refractivity (Wildman–Crippen MR) is 154 cm³/mol. The van der Waals surface area contributed by atoms with Crippen molar-refractivity contribution in [2.45, 2.75) is 19.4 Å². The van der Waals surface area contributed by atoms with Crippen LogP contribution in [0.1, 0.15) is 27.9 Å². The first-order valence-electron chi connectivity index (χ1n) is 12.8. The number of hydrogen-bond donors (Lipinski definition) is 0. The van der Waals surface area contributed by atoms with Crippen LogP contribution < -0.4 is 14.5 Å². The quantitative estimate of drug-likeness (QED) is 0.271. The van der Waals surface area contributed by atoms with E-state index in [1.165, 1.54) is 22.2 Å². The van der Waals surface area contributed by atoms with E-state index in [9.17, 15) is 0 Å². The molecule has 0 fully saturated rings. The Hall–Kier alpha value is -4.18. The number of anilines is 2. The third-order valence-electron chi connectivity index (χ3n) is 7.68. The Kier molecular flexibility index (Phi) is 5.30. The number of benzene rings is 3. The zero-order valence-corrected chi connectivity index (χ0v) is 22.4. The fourth-order valence-corrected chi connectivity index (χ4v) is 5.73. The standard InChI is InChI=1S/C33H33N3O/c1-22-10-19-30-28(21-22)31-23(2)29-9-7-8-20-36(29)32(31)33(37-30,24-11-15-26(16-12-24)34(3)4)25-13-17-27(18-14-25)35(5)6/h7-21H,1-6H3. The van der Waals surface area contributed by atoms with Gasteiger partial charge in [-0.05, 0) is 67.9 Å². The Morgan fingerprint density at radius 2 is 1.30 bits per heavy atom. The van der Waals surface area contributed by atoms with E-state index in [-0.39, 0.29) is 0 Å². The van der Waals surface area contributed by atoms with Crippen molar-refractivity contribution in [2.75, 3.05) is 38.0 Å². The summed E-state index contributed by atoms with van der Waals surface area (Å²) in [6.07, 6.45) is 2.17. The van der Waals surface area contributed by atoms with Gasteiger partial charge in [-0.15, -0.1) is 0 Å². The molecule has 1 aliphatic heterocycles. The molecule has 0 unspecified atom stereocenters. The van der Waals surface area contributed by atoms with Crippen LogP contribution in [-0.4, -0.2) is 32.6 Å². The van der Waals surface area contributed by atoms with E-state index in [0.717, 1.165) is 39.5 Å². The number of hydrogen-bond acceptors (Lipinski definition) is 3. The number of nitrogens with zero attached hydrogens (tertiary/aromatic N) is 3. The Morgan fingerprint density at radius 3 is 1.86 bits per heavy atom. The number of pyridine rings is 1. The summed E-state index contributed by atoms with van der Waals surface area (Å²) >= 11 is 0. The van der Waals surface area contributed by atoms with E-state index in [0.29, 0.717) is 0 Å². The number of aromatic nitrogens is 1. The fourth-order valence-electron chi connectivity index (χ4n) is 5.73. The third-order valence-corrected chi connectivity index (χ3v) is 7.68. The third kappa shape index (κ3) is 3.43. The zero-order valence-electron chi connectivity index (χ0n) is 22.4. The zero-order chi connectivity index (χ0) is 25.9. The summed E-state index contributed by atoms with van der Waals surface area (Å²) in [5.41, 5.74) is 10.9. The minimum absolute atomic E-state index is 0.828. The van der Waals surface area contributed by atoms with Gasteiger partial charge < -0.3 is 18.9 Å². The lowest BCUT2D eigenvalue weighted by molar-refractivity contribution is 0.146. The first-order valence-corrected chi connectivity index (χ1v) is 12.8. The molecule has 4 nitrogen and oxygen atoms in total. The van der Waals surface area contributed by atoms with Crippen molar-refractivity contribution < 1.29 is 4.74 Å². The van der Waals surface area contributed by atoms with Gasteiger partial charge in [0.05, 0.1) is 5.69 Å². The van der Waals surface area contributed by atoms with Crippen LogP contribution in [0, 0.1) is 13.8 Å². The van der Waals surface area contributed by atoms with Gasteiger partial charge in [0.25, 0.3) is 0 Å². The molecule has 0 radical (unpaired) electrons. The molecule has 186 valence electrons. The average Bonchev–Trinajstić information content (AvgIpc) is 3.22. The maximum Gasteiger partial charge on any atom is 0.200 e. The topological polar surface area (TPSA) is 20.1 Å². The van der Waals surface area contributed by atoms with Gasteiger partial charge >= 0.3 is 0 Å². The van der Waals surface area contributed by atoms with Crippen LogP contribution in [0.15, 0.2) is 91.1 Å². The van der Waals surface area contributed by atoms with E-state index < -0.39 is 5.60 Å². The second-order valence-electron chi connectivity index (χ2n) is 10.5. The highest BCUT2D eigenvalue weighted by atomic mass is 16.5. The number of fused-ring (bicyclic) bond motifs is 5. The van der Waals surface area contributed by atoms with Gasteiger partial charge in [-0.1, -0.05) is 42.0 Å². The molecule has 3 aromatic carbocycles. The van der Waals surface area contributed by atoms with Gasteiger partial charge in [0.2, 0.25) is 0 Å². The lowest BCUT2D eigenvalue weighted by atomic mass is 9.77. The Balaban J connectivity index is 1.75. The molecule has 0 saturated heterocycles. The molecular weight excluding hydrogens is 454 g/mol. The summed E-state index contributed by atoms with van der Waals surface area (Å²) in [5, 5.41) is 0. The molecule has 0 saturated carbocycles. The molecule has 3 heterocycles. The van der Waals surface area contributed by atoms with Gasteiger partial charge in [-0.2, -0.15) is 0 Å². The van der Waals surface area contributed by atoms with Crippen molar-refractivity contribution >= 4 is 16.9 Å². The maximum atomic E-state index is 7.25. The van der Waals surface area contributed by atoms with Crippen molar-refractivity contribution in [3.63, 3.8) is 0 Å². The van der Waals surface area contributed by atoms with Gasteiger partial charge in [0.1, 0.15) is 5.75 Å². The summed E-state index contributed by atoms with van der Waals surface area (Å²) < 4.78 is 9.58. The van der Waals surface area contributed by atoms with Crippen LogP contribution in [0.25, 0.3) is 16.6 Å². The minimum atomic E-state index is -0.828. The lowest BCUT2D eigenvalue weighted by Gasteiger charge is -2.40. The Morgan fingerprint density at radius 1 is 0.703 bits per heavy atom. The molecule has 37 heavy (non-hydrogen) atoms. The van der Waals surface area contributed by atoms with E-state index >= 15 is 0 Å². The van der Waals surface area contributed by atoms with Crippen LogP contribution in [0.4, 0.5) is 11.4 Å². The van der Waals surface area contributed by atoms with Gasteiger partial charge in [-0.3, -0.25) is 0 Å². The van der Waals surface area contributed by atoms with E-state index in [1.54, 1.807) is 0 Å². The fraction of sp³-hybridized carbons (Fsp3) is 0.212. The van der Waals surface area contributed by atoms with Crippen molar-refractivity contribution in [1.29, 1.82) is 0 Å². The largest absolute Gasteiger partial charge is 0.471 e. The molecule has 0 atom stereocenters. The highest BCUT2D eigenvalue weighted by molar-refractivity contribution is 5.87. The van der Waals surface area contributed by atoms with E-state index in [2.05, 4.69) is 147 Å². The second-order valence-corrected chi connectivity index (χ2v) is 10.5. The highest BCUT2D eigenvalue weighted by Gasteiger charge is 2.47. The van der Waals surface area contributed by atoms with Gasteiger partial charge in [-0.25, -0.2) is 0 Å². The number of ether oxygens (including phenoxy) is 1. The van der Waals surface area contributed by atoms with Crippen LogP contribution in [0.3, 0.4) is 0 Å². The van der Waals surface area contributed by atoms with E-state index in [1.807, 2.05) is 0 Å². The smallest absolute Gasteiger partial charge is 0.200 e. The van der Waals surface area contributed by atoms with Crippen molar-refractivity contribution in [3.8, 4) is 16.9 Å². The summed E-state index contributed by atoms with van der Waals surface area (Å²) in [4.78, 5) is 4.26. The molecule has 0 bridgehead atoms. The molecular formula is C33H33N3O. The normalized spacial score (nSPS) is 13.6. The average molecular weight is 488 g/mol.